The van der Waals surface area contributed by atoms with E-state index in [1.54, 1.807) is 28.9 Å². The zero-order valence-electron chi connectivity index (χ0n) is 14.9. The zero-order chi connectivity index (χ0) is 19.1. The summed E-state index contributed by atoms with van der Waals surface area (Å²) in [6, 6.07) is 3.55. The molecule has 4 rings (SSSR count). The molecular formula is C19H18ClN3O3S. The third kappa shape index (κ3) is 3.70. The second kappa shape index (κ2) is 6.98. The largest absolute Gasteiger partial charge is 0.455 e. The van der Waals surface area contributed by atoms with Gasteiger partial charge in [-0.1, -0.05) is 11.6 Å². The first kappa shape index (κ1) is 18.0. The van der Waals surface area contributed by atoms with Crippen molar-refractivity contribution in [2.75, 3.05) is 5.32 Å². The van der Waals surface area contributed by atoms with Crippen LogP contribution in [0.1, 0.15) is 39.3 Å². The van der Waals surface area contributed by atoms with Crippen molar-refractivity contribution >= 4 is 45.5 Å². The smallest absolute Gasteiger partial charge is 0.341 e. The summed E-state index contributed by atoms with van der Waals surface area (Å²) in [6.45, 7) is 3.83. The van der Waals surface area contributed by atoms with Crippen molar-refractivity contribution in [3.8, 4) is 0 Å². The van der Waals surface area contributed by atoms with E-state index in [4.69, 9.17) is 16.3 Å². The number of imidazole rings is 1. The summed E-state index contributed by atoms with van der Waals surface area (Å²) in [4.78, 5) is 30.2. The van der Waals surface area contributed by atoms with Crippen LogP contribution in [0.3, 0.4) is 0 Å². The van der Waals surface area contributed by atoms with E-state index in [2.05, 4.69) is 10.3 Å². The van der Waals surface area contributed by atoms with E-state index in [1.807, 2.05) is 13.8 Å². The molecule has 0 spiro atoms. The van der Waals surface area contributed by atoms with E-state index < -0.39 is 5.97 Å². The number of nitrogens with zero attached hydrogens (tertiary/aromatic N) is 2. The number of pyridine rings is 1. The van der Waals surface area contributed by atoms with E-state index >= 15 is 0 Å². The van der Waals surface area contributed by atoms with Gasteiger partial charge in [0.05, 0.1) is 16.3 Å². The number of hydrogen-bond donors (Lipinski definition) is 1. The number of rotatable bonds is 5. The molecule has 3 aromatic heterocycles. The number of halogens is 1. The maximum absolute atomic E-state index is 12.7. The van der Waals surface area contributed by atoms with Crippen LogP contribution >= 0.6 is 22.9 Å². The lowest BCUT2D eigenvalue weighted by atomic mass is 10.1. The van der Waals surface area contributed by atoms with Crippen LogP contribution in [-0.4, -0.2) is 21.3 Å². The number of esters is 1. The van der Waals surface area contributed by atoms with Crippen molar-refractivity contribution in [2.45, 2.75) is 33.3 Å². The van der Waals surface area contributed by atoms with Crippen molar-refractivity contribution in [3.63, 3.8) is 0 Å². The average molecular weight is 404 g/mol. The molecule has 8 heteroatoms. The predicted octanol–water partition coefficient (Wildman–Crippen LogP) is 4.37. The third-order valence-corrected chi connectivity index (χ3v) is 5.94. The fourth-order valence-corrected chi connectivity index (χ4v) is 4.04. The van der Waals surface area contributed by atoms with E-state index in [-0.39, 0.29) is 18.4 Å². The molecule has 0 bridgehead atoms. The summed E-state index contributed by atoms with van der Waals surface area (Å²) in [5, 5.41) is 4.05. The second-order valence-corrected chi connectivity index (χ2v) is 8.33. The Kier molecular flexibility index (Phi) is 4.65. The van der Waals surface area contributed by atoms with Crippen LogP contribution in [0.15, 0.2) is 24.5 Å². The Hall–Kier alpha value is -2.38. The number of carbonyl (C=O) groups excluding carboxylic acids is 2. The first-order valence-electron chi connectivity index (χ1n) is 8.63. The van der Waals surface area contributed by atoms with Crippen molar-refractivity contribution < 1.29 is 14.3 Å². The molecule has 0 unspecified atom stereocenters. The lowest BCUT2D eigenvalue weighted by Crippen LogP contribution is -2.16. The summed E-state index contributed by atoms with van der Waals surface area (Å²) in [6.07, 6.45) is 5.34. The maximum Gasteiger partial charge on any atom is 0.341 e. The van der Waals surface area contributed by atoms with Gasteiger partial charge in [0.25, 0.3) is 0 Å². The predicted molar refractivity (Wildman–Crippen MR) is 104 cm³/mol. The molecule has 1 amide bonds. The van der Waals surface area contributed by atoms with Crippen LogP contribution in [0.2, 0.25) is 5.02 Å². The van der Waals surface area contributed by atoms with Gasteiger partial charge in [0.2, 0.25) is 5.91 Å². The van der Waals surface area contributed by atoms with Gasteiger partial charge in [-0.05, 0) is 44.4 Å². The topological polar surface area (TPSA) is 72.7 Å². The van der Waals surface area contributed by atoms with Gasteiger partial charge >= 0.3 is 5.97 Å². The molecule has 1 aliphatic carbocycles. The molecule has 1 N–H and O–H groups in total. The number of hydrogen-bond acceptors (Lipinski definition) is 5. The Bertz CT molecular complexity index is 1050. The van der Waals surface area contributed by atoms with E-state index in [1.165, 1.54) is 11.3 Å². The summed E-state index contributed by atoms with van der Waals surface area (Å²) >= 11 is 7.38. The van der Waals surface area contributed by atoms with Crippen LogP contribution in [0.5, 0.6) is 0 Å². The van der Waals surface area contributed by atoms with E-state index in [0.29, 0.717) is 21.3 Å². The van der Waals surface area contributed by atoms with Gasteiger partial charge < -0.3 is 14.5 Å². The fraction of sp³-hybridized carbons (Fsp3) is 0.316. The highest BCUT2D eigenvalue weighted by molar-refractivity contribution is 7.16. The minimum Gasteiger partial charge on any atom is -0.455 e. The molecule has 1 fully saturated rings. The van der Waals surface area contributed by atoms with Crippen LogP contribution < -0.4 is 5.32 Å². The van der Waals surface area contributed by atoms with Crippen LogP contribution in [-0.2, 0) is 16.1 Å². The summed E-state index contributed by atoms with van der Waals surface area (Å²) in [5.74, 6) is -0.415. The number of aryl methyl sites for hydroxylation is 1. The van der Waals surface area contributed by atoms with Crippen LogP contribution in [0, 0.1) is 19.8 Å². The Morgan fingerprint density at radius 1 is 1.33 bits per heavy atom. The number of amides is 1. The van der Waals surface area contributed by atoms with E-state index in [0.717, 1.165) is 28.9 Å². The molecule has 0 atom stereocenters. The average Bonchev–Trinajstić information content (AvgIpc) is 3.34. The van der Waals surface area contributed by atoms with Gasteiger partial charge in [0.15, 0.2) is 0 Å². The number of thiophene rings is 1. The quantitative estimate of drug-likeness (QED) is 0.642. The van der Waals surface area contributed by atoms with Gasteiger partial charge in [-0.25, -0.2) is 9.78 Å². The van der Waals surface area contributed by atoms with Crippen molar-refractivity contribution in [1.82, 2.24) is 9.38 Å². The summed E-state index contributed by atoms with van der Waals surface area (Å²) in [5.41, 5.74) is 2.61. The third-order valence-electron chi connectivity index (χ3n) is 4.59. The number of fused-ring (bicyclic) bond motifs is 1. The summed E-state index contributed by atoms with van der Waals surface area (Å²) < 4.78 is 7.26. The first-order chi connectivity index (χ1) is 12.9. The maximum atomic E-state index is 12.7. The molecule has 0 aromatic carbocycles. The lowest BCUT2D eigenvalue weighted by molar-refractivity contribution is -0.117. The van der Waals surface area contributed by atoms with Crippen LogP contribution in [0.25, 0.3) is 5.65 Å². The Morgan fingerprint density at radius 3 is 2.85 bits per heavy atom. The number of anilines is 1. The highest BCUT2D eigenvalue weighted by atomic mass is 35.5. The van der Waals surface area contributed by atoms with Crippen molar-refractivity contribution in [2.24, 2.45) is 5.92 Å². The molecule has 3 heterocycles. The van der Waals surface area contributed by atoms with Crippen molar-refractivity contribution in [3.05, 3.63) is 51.2 Å². The molecule has 1 saturated carbocycles. The molecule has 1 aliphatic rings. The number of ether oxygens (including phenoxy) is 1. The first-order valence-corrected chi connectivity index (χ1v) is 9.83. The van der Waals surface area contributed by atoms with Gasteiger partial charge in [-0.15, -0.1) is 11.3 Å². The highest BCUT2D eigenvalue weighted by Crippen LogP contribution is 2.36. The highest BCUT2D eigenvalue weighted by Gasteiger charge is 2.31. The molecule has 3 aromatic rings. The molecule has 6 nitrogen and oxygen atoms in total. The van der Waals surface area contributed by atoms with Crippen molar-refractivity contribution in [1.29, 1.82) is 0 Å². The number of nitrogens with one attached hydrogen (secondary N) is 1. The molecule has 0 aliphatic heterocycles. The fourth-order valence-electron chi connectivity index (χ4n) is 2.82. The Balaban J connectivity index is 1.50. The number of carbonyl (C=O) groups is 2. The minimum absolute atomic E-state index is 0.0254. The van der Waals surface area contributed by atoms with Gasteiger partial charge in [-0.2, -0.15) is 0 Å². The lowest BCUT2D eigenvalue weighted by Gasteiger charge is -2.07. The molecule has 140 valence electrons. The number of aromatic nitrogens is 2. The molecule has 27 heavy (non-hydrogen) atoms. The summed E-state index contributed by atoms with van der Waals surface area (Å²) in [7, 11) is 0. The monoisotopic (exact) mass is 403 g/mol. The Labute approximate surface area is 165 Å². The van der Waals surface area contributed by atoms with Gasteiger partial charge in [0.1, 0.15) is 17.3 Å². The normalized spacial score (nSPS) is 13.7. The van der Waals surface area contributed by atoms with Crippen LogP contribution in [0.4, 0.5) is 5.00 Å². The molecular weight excluding hydrogens is 386 g/mol. The molecule has 0 saturated heterocycles. The van der Waals surface area contributed by atoms with E-state index in [9.17, 15) is 9.59 Å². The minimum atomic E-state index is -0.460. The second-order valence-electron chi connectivity index (χ2n) is 6.67. The van der Waals surface area contributed by atoms with Gasteiger partial charge in [-0.3, -0.25) is 4.79 Å². The molecule has 0 radical (unpaired) electrons. The Morgan fingerprint density at radius 2 is 2.11 bits per heavy atom. The zero-order valence-corrected chi connectivity index (χ0v) is 16.5. The SMILES string of the molecule is Cc1sc(NC(=O)C2CC2)c(C(=O)OCc2cn3cc(Cl)ccc3n2)c1C. The van der Waals surface area contributed by atoms with Gasteiger partial charge in [0, 0.05) is 23.2 Å². The standard InChI is InChI=1S/C19H18ClN3O3S/c1-10-11(2)27-18(22-17(24)12-3-4-12)16(10)19(25)26-9-14-8-23-7-13(20)5-6-15(23)21-14/h5-8,12H,3-4,9H2,1-2H3,(H,22,24).